The first kappa shape index (κ1) is 21.1. The fourth-order valence-corrected chi connectivity index (χ4v) is 1.75. The second-order valence-electron chi connectivity index (χ2n) is 3.81. The van der Waals surface area contributed by atoms with Crippen molar-refractivity contribution in [2.24, 2.45) is 0 Å². The summed E-state index contributed by atoms with van der Waals surface area (Å²) >= 11 is 0. The first-order valence-electron chi connectivity index (χ1n) is 5.08. The first-order valence-corrected chi connectivity index (χ1v) is 5.08. The van der Waals surface area contributed by atoms with Crippen molar-refractivity contribution >= 4 is 11.9 Å². The van der Waals surface area contributed by atoms with E-state index in [1.54, 1.807) is 9.80 Å². The molecular weight excluding hydrogens is 260 g/mol. The molecule has 1 aliphatic heterocycles. The van der Waals surface area contributed by atoms with Crippen LogP contribution in [0.4, 0.5) is 0 Å². The minimum atomic E-state index is -1.16. The molecule has 1 aliphatic rings. The Kier molecular flexibility index (Phi) is 12.4. The summed E-state index contributed by atoms with van der Waals surface area (Å²) in [5, 5.41) is 20.9. The summed E-state index contributed by atoms with van der Waals surface area (Å²) in [4.78, 5) is 26.1. The van der Waals surface area contributed by atoms with Crippen LogP contribution in [0.3, 0.4) is 0 Å². The van der Waals surface area contributed by atoms with Gasteiger partial charge in [-0.3, -0.25) is 14.7 Å². The van der Waals surface area contributed by atoms with Gasteiger partial charge < -0.3 is 19.8 Å². The second kappa shape index (κ2) is 10.6. The van der Waals surface area contributed by atoms with Crippen molar-refractivity contribution in [3.8, 4) is 0 Å². The molecule has 1 rings (SSSR count). The van der Waals surface area contributed by atoms with Crippen molar-refractivity contribution in [1.29, 1.82) is 0 Å². The van der Waals surface area contributed by atoms with E-state index >= 15 is 0 Å². The summed E-state index contributed by atoms with van der Waals surface area (Å²) in [5.74, 6) is -2.32. The number of nitrogens with zero attached hydrogens (tertiary/aromatic N) is 3. The third-order valence-corrected chi connectivity index (χ3v) is 2.35. The molecule has 0 atom stereocenters. The van der Waals surface area contributed by atoms with Gasteiger partial charge in [-0.15, -0.1) is 0 Å². The zero-order chi connectivity index (χ0) is 12.1. The number of hydrogen-bond donors (Lipinski definition) is 0. The SMILES string of the molecule is CCN1CN(CC(=O)[O-])CN(CC(=O)[O-])C1.[Na+].[Na+]. The molecule has 1 heterocycles. The minimum absolute atomic E-state index is 0. The van der Waals surface area contributed by atoms with Gasteiger partial charge in [-0.05, 0) is 6.54 Å². The maximum Gasteiger partial charge on any atom is 1.00 e. The van der Waals surface area contributed by atoms with E-state index in [0.717, 1.165) is 6.54 Å². The van der Waals surface area contributed by atoms with E-state index in [2.05, 4.69) is 0 Å². The number of rotatable bonds is 5. The number of carboxylic acid groups (broad SMARTS) is 2. The van der Waals surface area contributed by atoms with E-state index < -0.39 is 11.9 Å². The van der Waals surface area contributed by atoms with Crippen LogP contribution >= 0.6 is 0 Å². The van der Waals surface area contributed by atoms with Crippen LogP contribution in [0.5, 0.6) is 0 Å². The van der Waals surface area contributed by atoms with Gasteiger partial charge in [0.25, 0.3) is 0 Å². The normalized spacial score (nSPS) is 17.6. The molecule has 0 radical (unpaired) electrons. The van der Waals surface area contributed by atoms with Crippen LogP contribution in [-0.4, -0.2) is 66.3 Å². The van der Waals surface area contributed by atoms with Crippen LogP contribution in [0.25, 0.3) is 0 Å². The number of carboxylic acids is 2. The molecule has 1 saturated heterocycles. The van der Waals surface area contributed by atoms with Crippen LogP contribution in [-0.2, 0) is 9.59 Å². The average molecular weight is 275 g/mol. The first-order chi connectivity index (χ1) is 7.51. The monoisotopic (exact) mass is 275 g/mol. The Hall–Kier alpha value is 0.820. The van der Waals surface area contributed by atoms with E-state index in [-0.39, 0.29) is 72.2 Å². The van der Waals surface area contributed by atoms with Crippen LogP contribution in [0.1, 0.15) is 6.92 Å². The van der Waals surface area contributed by atoms with Crippen molar-refractivity contribution in [3.63, 3.8) is 0 Å². The summed E-state index contributed by atoms with van der Waals surface area (Å²) in [5.41, 5.74) is 0. The molecule has 0 aliphatic carbocycles. The third kappa shape index (κ3) is 8.08. The summed E-state index contributed by atoms with van der Waals surface area (Å²) in [6, 6.07) is 0. The largest absolute Gasteiger partial charge is 1.00 e. The van der Waals surface area contributed by atoms with Crippen molar-refractivity contribution in [1.82, 2.24) is 14.7 Å². The maximum atomic E-state index is 10.5. The Morgan fingerprint density at radius 1 is 0.889 bits per heavy atom. The van der Waals surface area contributed by atoms with Crippen LogP contribution in [0.15, 0.2) is 0 Å². The van der Waals surface area contributed by atoms with E-state index in [9.17, 15) is 19.8 Å². The van der Waals surface area contributed by atoms with Gasteiger partial charge in [-0.2, -0.15) is 0 Å². The molecule has 0 saturated carbocycles. The van der Waals surface area contributed by atoms with Gasteiger partial charge in [-0.1, -0.05) is 6.92 Å². The molecule has 0 N–H and O–H groups in total. The zero-order valence-corrected chi connectivity index (χ0v) is 15.2. The third-order valence-electron chi connectivity index (χ3n) is 2.35. The van der Waals surface area contributed by atoms with Gasteiger partial charge in [0.2, 0.25) is 0 Å². The van der Waals surface area contributed by atoms with Crippen molar-refractivity contribution in [2.75, 3.05) is 39.6 Å². The van der Waals surface area contributed by atoms with Gasteiger partial charge in [0.1, 0.15) is 0 Å². The molecule has 92 valence electrons. The van der Waals surface area contributed by atoms with E-state index in [1.807, 2.05) is 11.8 Å². The van der Waals surface area contributed by atoms with Crippen molar-refractivity contribution < 1.29 is 78.9 Å². The molecule has 0 spiro atoms. The number of carbonyl (C=O) groups is 2. The Bertz CT molecular complexity index is 257. The zero-order valence-electron chi connectivity index (χ0n) is 11.2. The standard InChI is InChI=1S/C9H17N3O4.2Na/c1-2-10-5-11(3-8(13)14)7-12(6-10)4-9(15)16;;/h2-7H2,1H3,(H,13,14)(H,15,16);;/q;2*+1/p-2. The molecule has 18 heavy (non-hydrogen) atoms. The van der Waals surface area contributed by atoms with Gasteiger partial charge in [0, 0.05) is 13.1 Å². The van der Waals surface area contributed by atoms with E-state index in [1.165, 1.54) is 0 Å². The second-order valence-corrected chi connectivity index (χ2v) is 3.81. The molecule has 0 unspecified atom stereocenters. The number of aliphatic carboxylic acids is 2. The predicted molar refractivity (Wildman–Crippen MR) is 50.4 cm³/mol. The summed E-state index contributed by atoms with van der Waals surface area (Å²) in [6.07, 6.45) is 0. The Labute approximate surface area is 151 Å². The molecule has 0 bridgehead atoms. The van der Waals surface area contributed by atoms with E-state index in [0.29, 0.717) is 20.0 Å². The maximum absolute atomic E-state index is 10.5. The molecule has 0 aromatic heterocycles. The van der Waals surface area contributed by atoms with Crippen LogP contribution in [0.2, 0.25) is 0 Å². The Morgan fingerprint density at radius 2 is 1.22 bits per heavy atom. The Balaban J connectivity index is 0. The number of carbonyl (C=O) groups excluding carboxylic acids is 2. The van der Waals surface area contributed by atoms with Gasteiger partial charge in [0.05, 0.1) is 31.9 Å². The molecular formula is C9H15N3Na2O4. The summed E-state index contributed by atoms with van der Waals surface area (Å²) in [6.45, 7) is 3.59. The molecule has 1 fully saturated rings. The van der Waals surface area contributed by atoms with Crippen molar-refractivity contribution in [3.05, 3.63) is 0 Å². The molecule has 9 heteroatoms. The number of hydrogen-bond acceptors (Lipinski definition) is 7. The van der Waals surface area contributed by atoms with Crippen molar-refractivity contribution in [2.45, 2.75) is 6.92 Å². The fourth-order valence-electron chi connectivity index (χ4n) is 1.75. The quantitative estimate of drug-likeness (QED) is 0.460. The molecule has 0 aromatic rings. The average Bonchev–Trinajstić information content (AvgIpc) is 2.14. The van der Waals surface area contributed by atoms with E-state index in [4.69, 9.17) is 0 Å². The minimum Gasteiger partial charge on any atom is -0.549 e. The molecule has 0 aromatic carbocycles. The summed E-state index contributed by atoms with van der Waals surface area (Å²) < 4.78 is 0. The fraction of sp³-hybridized carbons (Fsp3) is 0.778. The van der Waals surface area contributed by atoms with Gasteiger partial charge in [0.15, 0.2) is 0 Å². The summed E-state index contributed by atoms with van der Waals surface area (Å²) in [7, 11) is 0. The van der Waals surface area contributed by atoms with Gasteiger partial charge in [-0.25, -0.2) is 0 Å². The van der Waals surface area contributed by atoms with Crippen LogP contribution in [0, 0.1) is 0 Å². The van der Waals surface area contributed by atoms with Crippen LogP contribution < -0.4 is 69.3 Å². The molecule has 0 amide bonds. The predicted octanol–water partition coefficient (Wildman–Crippen LogP) is -9.69. The Morgan fingerprint density at radius 3 is 1.50 bits per heavy atom. The molecule has 7 nitrogen and oxygen atoms in total. The smallest absolute Gasteiger partial charge is 0.549 e. The topological polar surface area (TPSA) is 90.0 Å². The van der Waals surface area contributed by atoms with Gasteiger partial charge >= 0.3 is 59.1 Å².